The Morgan fingerprint density at radius 3 is 2.87 bits per heavy atom. The summed E-state index contributed by atoms with van der Waals surface area (Å²) in [5.41, 5.74) is 0. The van der Waals surface area contributed by atoms with Crippen LogP contribution in [0.3, 0.4) is 0 Å². The average Bonchev–Trinajstić information content (AvgIpc) is 2.28. The van der Waals surface area contributed by atoms with Crippen LogP contribution in [-0.2, 0) is 4.79 Å². The predicted octanol–water partition coefficient (Wildman–Crippen LogP) is 2.95. The standard InChI is InChI=1S/C12H22ClNO/c1-3-10-5-4-6-11(7-10)14-12(15)9(2)8-13/h9-11H,3-8H2,1-2H3,(H,14,15). The Bertz CT molecular complexity index is 208. The van der Waals surface area contributed by atoms with Crippen molar-refractivity contribution in [3.05, 3.63) is 0 Å². The van der Waals surface area contributed by atoms with E-state index in [4.69, 9.17) is 11.6 Å². The number of hydrogen-bond acceptors (Lipinski definition) is 1. The highest BCUT2D eigenvalue weighted by molar-refractivity contribution is 6.19. The van der Waals surface area contributed by atoms with Gasteiger partial charge in [-0.1, -0.05) is 33.1 Å². The summed E-state index contributed by atoms with van der Waals surface area (Å²) in [4.78, 5) is 11.6. The minimum atomic E-state index is -0.0614. The van der Waals surface area contributed by atoms with E-state index in [1.165, 1.54) is 19.3 Å². The third-order valence-electron chi connectivity index (χ3n) is 3.39. The Morgan fingerprint density at radius 2 is 2.27 bits per heavy atom. The smallest absolute Gasteiger partial charge is 0.224 e. The summed E-state index contributed by atoms with van der Waals surface area (Å²) in [6.07, 6.45) is 6.10. The molecule has 1 rings (SSSR count). The van der Waals surface area contributed by atoms with Crippen LogP contribution in [0.5, 0.6) is 0 Å². The molecule has 3 atom stereocenters. The Labute approximate surface area is 97.8 Å². The van der Waals surface area contributed by atoms with Gasteiger partial charge >= 0.3 is 0 Å². The Balaban J connectivity index is 2.34. The molecular formula is C12H22ClNO. The van der Waals surface area contributed by atoms with E-state index in [9.17, 15) is 4.79 Å². The maximum Gasteiger partial charge on any atom is 0.224 e. The molecule has 1 N–H and O–H groups in total. The summed E-state index contributed by atoms with van der Waals surface area (Å²) in [5, 5.41) is 3.11. The Kier molecular flexibility index (Phi) is 5.44. The minimum Gasteiger partial charge on any atom is -0.353 e. The molecule has 0 heterocycles. The second-order valence-corrected chi connectivity index (χ2v) is 5.01. The van der Waals surface area contributed by atoms with Gasteiger partial charge in [0.25, 0.3) is 0 Å². The maximum atomic E-state index is 11.6. The summed E-state index contributed by atoms with van der Waals surface area (Å²) >= 11 is 5.66. The van der Waals surface area contributed by atoms with Crippen molar-refractivity contribution in [2.24, 2.45) is 11.8 Å². The minimum absolute atomic E-state index is 0.0614. The van der Waals surface area contributed by atoms with Crippen molar-refractivity contribution in [2.45, 2.75) is 52.0 Å². The van der Waals surface area contributed by atoms with E-state index in [1.807, 2.05) is 6.92 Å². The van der Waals surface area contributed by atoms with Crippen LogP contribution in [0.1, 0.15) is 46.0 Å². The summed E-state index contributed by atoms with van der Waals surface area (Å²) in [6, 6.07) is 0.391. The second-order valence-electron chi connectivity index (χ2n) is 4.70. The molecule has 3 heteroatoms. The van der Waals surface area contributed by atoms with Crippen molar-refractivity contribution in [3.8, 4) is 0 Å². The molecule has 1 aliphatic rings. The van der Waals surface area contributed by atoms with Crippen LogP contribution >= 0.6 is 11.6 Å². The molecule has 1 fully saturated rings. The van der Waals surface area contributed by atoms with Gasteiger partial charge in [-0.25, -0.2) is 0 Å². The molecular weight excluding hydrogens is 210 g/mol. The first-order chi connectivity index (χ1) is 7.17. The van der Waals surface area contributed by atoms with Gasteiger partial charge in [-0.2, -0.15) is 0 Å². The number of amides is 1. The molecule has 1 amide bonds. The monoisotopic (exact) mass is 231 g/mol. The fourth-order valence-corrected chi connectivity index (χ4v) is 2.35. The van der Waals surface area contributed by atoms with Gasteiger partial charge in [0.2, 0.25) is 5.91 Å². The van der Waals surface area contributed by atoms with Gasteiger partial charge in [0.1, 0.15) is 0 Å². The third kappa shape index (κ3) is 4.02. The highest BCUT2D eigenvalue weighted by Crippen LogP contribution is 2.26. The largest absolute Gasteiger partial charge is 0.353 e. The number of carbonyl (C=O) groups excluding carboxylic acids is 1. The molecule has 0 spiro atoms. The zero-order valence-electron chi connectivity index (χ0n) is 9.76. The van der Waals surface area contributed by atoms with Crippen LogP contribution in [-0.4, -0.2) is 17.8 Å². The first kappa shape index (κ1) is 12.8. The molecule has 3 unspecified atom stereocenters. The molecule has 0 bridgehead atoms. The highest BCUT2D eigenvalue weighted by Gasteiger charge is 2.23. The number of carbonyl (C=O) groups is 1. The molecule has 0 aliphatic heterocycles. The van der Waals surface area contributed by atoms with Crippen LogP contribution in [0.25, 0.3) is 0 Å². The zero-order chi connectivity index (χ0) is 11.3. The van der Waals surface area contributed by atoms with Gasteiger partial charge in [-0.15, -0.1) is 11.6 Å². The summed E-state index contributed by atoms with van der Waals surface area (Å²) in [6.45, 7) is 4.11. The van der Waals surface area contributed by atoms with Crippen molar-refractivity contribution in [3.63, 3.8) is 0 Å². The fraction of sp³-hybridized carbons (Fsp3) is 0.917. The SMILES string of the molecule is CCC1CCCC(NC(=O)C(C)CCl)C1. The van der Waals surface area contributed by atoms with Crippen molar-refractivity contribution in [1.29, 1.82) is 0 Å². The fourth-order valence-electron chi connectivity index (χ4n) is 2.21. The van der Waals surface area contributed by atoms with E-state index >= 15 is 0 Å². The lowest BCUT2D eigenvalue weighted by molar-refractivity contribution is -0.124. The number of alkyl halides is 1. The lowest BCUT2D eigenvalue weighted by atomic mass is 9.84. The summed E-state index contributed by atoms with van der Waals surface area (Å²) < 4.78 is 0. The van der Waals surface area contributed by atoms with E-state index in [0.717, 1.165) is 18.8 Å². The quantitative estimate of drug-likeness (QED) is 0.741. The first-order valence-electron chi connectivity index (χ1n) is 6.03. The lowest BCUT2D eigenvalue weighted by Gasteiger charge is -2.29. The molecule has 0 aromatic carbocycles. The average molecular weight is 232 g/mol. The normalized spacial score (nSPS) is 28.5. The van der Waals surface area contributed by atoms with Gasteiger partial charge in [0.15, 0.2) is 0 Å². The summed E-state index contributed by atoms with van der Waals surface area (Å²) in [5.74, 6) is 1.27. The van der Waals surface area contributed by atoms with Crippen LogP contribution in [0, 0.1) is 11.8 Å². The van der Waals surface area contributed by atoms with Crippen LogP contribution in [0.15, 0.2) is 0 Å². The molecule has 2 nitrogen and oxygen atoms in total. The lowest BCUT2D eigenvalue weighted by Crippen LogP contribution is -2.41. The van der Waals surface area contributed by atoms with Crippen molar-refractivity contribution in [1.82, 2.24) is 5.32 Å². The molecule has 0 saturated heterocycles. The Morgan fingerprint density at radius 1 is 1.53 bits per heavy atom. The highest BCUT2D eigenvalue weighted by atomic mass is 35.5. The van der Waals surface area contributed by atoms with Gasteiger partial charge in [-0.3, -0.25) is 4.79 Å². The van der Waals surface area contributed by atoms with Gasteiger partial charge < -0.3 is 5.32 Å². The topological polar surface area (TPSA) is 29.1 Å². The van der Waals surface area contributed by atoms with E-state index in [1.54, 1.807) is 0 Å². The number of rotatable bonds is 4. The number of hydrogen-bond donors (Lipinski definition) is 1. The predicted molar refractivity (Wildman–Crippen MR) is 64.1 cm³/mol. The van der Waals surface area contributed by atoms with Gasteiger partial charge in [0.05, 0.1) is 0 Å². The molecule has 0 radical (unpaired) electrons. The van der Waals surface area contributed by atoms with E-state index in [0.29, 0.717) is 11.9 Å². The molecule has 0 aromatic rings. The number of nitrogens with one attached hydrogen (secondary N) is 1. The van der Waals surface area contributed by atoms with Crippen LogP contribution in [0.2, 0.25) is 0 Å². The first-order valence-corrected chi connectivity index (χ1v) is 6.57. The van der Waals surface area contributed by atoms with Crippen molar-refractivity contribution < 1.29 is 4.79 Å². The van der Waals surface area contributed by atoms with E-state index in [-0.39, 0.29) is 11.8 Å². The van der Waals surface area contributed by atoms with E-state index < -0.39 is 0 Å². The molecule has 0 aromatic heterocycles. The molecule has 15 heavy (non-hydrogen) atoms. The molecule has 1 aliphatic carbocycles. The number of halogens is 1. The third-order valence-corrected chi connectivity index (χ3v) is 3.85. The second kappa shape index (κ2) is 6.37. The van der Waals surface area contributed by atoms with Crippen LogP contribution < -0.4 is 5.32 Å². The molecule has 88 valence electrons. The maximum absolute atomic E-state index is 11.6. The van der Waals surface area contributed by atoms with Crippen LogP contribution in [0.4, 0.5) is 0 Å². The van der Waals surface area contributed by atoms with Crippen molar-refractivity contribution >= 4 is 17.5 Å². The molecule has 1 saturated carbocycles. The Hall–Kier alpha value is -0.240. The van der Waals surface area contributed by atoms with Gasteiger partial charge in [0, 0.05) is 17.8 Å². The van der Waals surface area contributed by atoms with Gasteiger partial charge in [-0.05, 0) is 18.8 Å². The zero-order valence-corrected chi connectivity index (χ0v) is 10.5. The van der Waals surface area contributed by atoms with E-state index in [2.05, 4.69) is 12.2 Å². The summed E-state index contributed by atoms with van der Waals surface area (Å²) in [7, 11) is 0. The van der Waals surface area contributed by atoms with Crippen molar-refractivity contribution in [2.75, 3.05) is 5.88 Å².